The topological polar surface area (TPSA) is 49.9 Å². The molecule has 2 heterocycles. The summed E-state index contributed by atoms with van der Waals surface area (Å²) in [7, 11) is 1.84. The largest absolute Gasteiger partial charge is 0.444 e. The second-order valence-electron chi connectivity index (χ2n) is 7.55. The van der Waals surface area contributed by atoms with Gasteiger partial charge < -0.3 is 14.5 Å². The molecule has 1 aromatic heterocycles. The van der Waals surface area contributed by atoms with Crippen LogP contribution in [-0.2, 0) is 4.74 Å². The van der Waals surface area contributed by atoms with Crippen molar-refractivity contribution in [3.8, 4) is 0 Å². The Hall–Kier alpha value is -1.56. The fraction of sp³-hybridized carbons (Fsp3) is 0.667. The summed E-state index contributed by atoms with van der Waals surface area (Å²) in [6.45, 7) is 9.63. The summed E-state index contributed by atoms with van der Waals surface area (Å²) >= 11 is 1.48. The summed E-state index contributed by atoms with van der Waals surface area (Å²) in [5, 5.41) is 1.95. The predicted molar refractivity (Wildman–Crippen MR) is 96.5 cm³/mol. The maximum Gasteiger partial charge on any atom is 0.410 e. The van der Waals surface area contributed by atoms with Crippen molar-refractivity contribution in [2.24, 2.45) is 5.92 Å². The van der Waals surface area contributed by atoms with E-state index in [1.165, 1.54) is 11.3 Å². The van der Waals surface area contributed by atoms with Gasteiger partial charge in [-0.3, -0.25) is 4.79 Å². The van der Waals surface area contributed by atoms with Gasteiger partial charge in [0.2, 0.25) is 0 Å². The molecule has 6 heteroatoms. The lowest BCUT2D eigenvalue weighted by Gasteiger charge is -2.35. The zero-order valence-electron chi connectivity index (χ0n) is 15.3. The van der Waals surface area contributed by atoms with Gasteiger partial charge in [0.15, 0.2) is 0 Å². The van der Waals surface area contributed by atoms with Crippen LogP contribution in [-0.4, -0.2) is 54.1 Å². The van der Waals surface area contributed by atoms with E-state index in [0.29, 0.717) is 19.0 Å². The van der Waals surface area contributed by atoms with E-state index >= 15 is 0 Å². The Morgan fingerprint density at radius 2 is 2.12 bits per heavy atom. The molecule has 5 nitrogen and oxygen atoms in total. The Balaban J connectivity index is 1.92. The average Bonchev–Trinajstić information content (AvgIpc) is 2.91. The highest BCUT2D eigenvalue weighted by atomic mass is 32.1. The third-order valence-corrected chi connectivity index (χ3v) is 5.11. The Kier molecular flexibility index (Phi) is 5.91. The van der Waals surface area contributed by atoms with E-state index in [9.17, 15) is 9.59 Å². The molecule has 0 aromatic carbocycles. The number of piperidine rings is 1. The molecular formula is C18H28N2O3S. The van der Waals surface area contributed by atoms with Crippen LogP contribution < -0.4 is 0 Å². The van der Waals surface area contributed by atoms with Gasteiger partial charge in [-0.2, -0.15) is 0 Å². The highest BCUT2D eigenvalue weighted by Gasteiger charge is 2.29. The minimum atomic E-state index is -0.479. The minimum Gasteiger partial charge on any atom is -0.444 e. The van der Waals surface area contributed by atoms with Crippen molar-refractivity contribution in [3.05, 3.63) is 21.9 Å². The van der Waals surface area contributed by atoms with E-state index < -0.39 is 5.60 Å². The Morgan fingerprint density at radius 1 is 1.42 bits per heavy atom. The van der Waals surface area contributed by atoms with Gasteiger partial charge in [-0.05, 0) is 63.5 Å². The van der Waals surface area contributed by atoms with Crippen LogP contribution in [0.4, 0.5) is 4.79 Å². The first-order chi connectivity index (χ1) is 11.2. The van der Waals surface area contributed by atoms with Crippen LogP contribution in [0.3, 0.4) is 0 Å². The summed E-state index contributed by atoms with van der Waals surface area (Å²) < 4.78 is 5.46. The van der Waals surface area contributed by atoms with Gasteiger partial charge >= 0.3 is 6.09 Å². The van der Waals surface area contributed by atoms with E-state index in [4.69, 9.17) is 4.74 Å². The number of ether oxygens (including phenoxy) is 1. The first-order valence-corrected chi connectivity index (χ1v) is 9.33. The summed E-state index contributed by atoms with van der Waals surface area (Å²) in [5.41, 5.74) is 0.545. The number of amides is 2. The smallest absolute Gasteiger partial charge is 0.410 e. The van der Waals surface area contributed by atoms with Gasteiger partial charge in [-0.15, -0.1) is 11.3 Å². The van der Waals surface area contributed by atoms with Gasteiger partial charge in [-0.1, -0.05) is 0 Å². The molecule has 1 unspecified atom stereocenters. The molecule has 0 aliphatic carbocycles. The SMILES string of the molecule is Cc1ccsc1C(=O)N(C)CC1CCCN(C(=O)OC(C)(C)C)C1. The second kappa shape index (κ2) is 7.55. The quantitative estimate of drug-likeness (QED) is 0.832. The number of hydrogen-bond donors (Lipinski definition) is 0. The number of rotatable bonds is 3. The number of carbonyl (C=O) groups is 2. The van der Waals surface area contributed by atoms with Crippen molar-refractivity contribution in [1.82, 2.24) is 9.80 Å². The lowest BCUT2D eigenvalue weighted by atomic mass is 9.97. The summed E-state index contributed by atoms with van der Waals surface area (Å²) in [5.74, 6) is 0.359. The molecule has 2 amide bonds. The lowest BCUT2D eigenvalue weighted by molar-refractivity contribution is 0.0151. The highest BCUT2D eigenvalue weighted by Crippen LogP contribution is 2.22. The van der Waals surface area contributed by atoms with Gasteiger partial charge in [0.1, 0.15) is 5.60 Å². The van der Waals surface area contributed by atoms with E-state index in [2.05, 4.69) is 0 Å². The molecule has 0 bridgehead atoms. The van der Waals surface area contributed by atoms with E-state index in [1.807, 2.05) is 46.2 Å². The molecule has 2 rings (SSSR count). The normalized spacial score (nSPS) is 18.4. The van der Waals surface area contributed by atoms with Crippen LogP contribution in [0.1, 0.15) is 48.8 Å². The van der Waals surface area contributed by atoms with E-state index in [-0.39, 0.29) is 12.0 Å². The van der Waals surface area contributed by atoms with Crippen molar-refractivity contribution in [2.75, 3.05) is 26.7 Å². The number of thiophene rings is 1. The number of aryl methyl sites for hydroxylation is 1. The number of nitrogens with zero attached hydrogens (tertiary/aromatic N) is 2. The molecule has 134 valence electrons. The Labute approximate surface area is 148 Å². The third-order valence-electron chi connectivity index (χ3n) is 4.11. The highest BCUT2D eigenvalue weighted by molar-refractivity contribution is 7.12. The zero-order valence-corrected chi connectivity index (χ0v) is 16.1. The third kappa shape index (κ3) is 4.97. The predicted octanol–water partition coefficient (Wildman–Crippen LogP) is 3.78. The minimum absolute atomic E-state index is 0.0666. The van der Waals surface area contributed by atoms with Crippen molar-refractivity contribution >= 4 is 23.3 Å². The van der Waals surface area contributed by atoms with Crippen LogP contribution in [0, 0.1) is 12.8 Å². The standard InChI is InChI=1S/C18H28N2O3S/c1-13-8-10-24-15(13)16(21)19(5)11-14-7-6-9-20(12-14)17(22)23-18(2,3)4/h8,10,14H,6-7,9,11-12H2,1-5H3. The monoisotopic (exact) mass is 352 g/mol. The van der Waals surface area contributed by atoms with E-state index in [0.717, 1.165) is 29.8 Å². The maximum absolute atomic E-state index is 12.5. The number of likely N-dealkylation sites (tertiary alicyclic amines) is 1. The maximum atomic E-state index is 12.5. The lowest BCUT2D eigenvalue weighted by Crippen LogP contribution is -2.45. The molecule has 0 saturated carbocycles. The van der Waals surface area contributed by atoms with Crippen LogP contribution >= 0.6 is 11.3 Å². The van der Waals surface area contributed by atoms with Gasteiger partial charge in [0, 0.05) is 26.7 Å². The fourth-order valence-corrected chi connectivity index (χ4v) is 3.86. The van der Waals surface area contributed by atoms with E-state index in [1.54, 1.807) is 9.80 Å². The van der Waals surface area contributed by atoms with Crippen molar-refractivity contribution in [2.45, 2.75) is 46.1 Å². The first-order valence-electron chi connectivity index (χ1n) is 8.45. The van der Waals surface area contributed by atoms with Gasteiger partial charge in [0.05, 0.1) is 4.88 Å². The Morgan fingerprint density at radius 3 is 2.71 bits per heavy atom. The van der Waals surface area contributed by atoms with Crippen molar-refractivity contribution < 1.29 is 14.3 Å². The molecule has 1 atom stereocenters. The van der Waals surface area contributed by atoms with Gasteiger partial charge in [-0.25, -0.2) is 4.79 Å². The molecule has 0 radical (unpaired) electrons. The zero-order chi connectivity index (χ0) is 17.9. The number of hydrogen-bond acceptors (Lipinski definition) is 4. The van der Waals surface area contributed by atoms with Crippen LogP contribution in [0.15, 0.2) is 11.4 Å². The molecule has 1 aliphatic rings. The molecule has 1 aliphatic heterocycles. The fourth-order valence-electron chi connectivity index (χ4n) is 2.94. The molecule has 0 N–H and O–H groups in total. The number of carbonyl (C=O) groups excluding carboxylic acids is 2. The van der Waals surface area contributed by atoms with Crippen molar-refractivity contribution in [1.29, 1.82) is 0 Å². The van der Waals surface area contributed by atoms with Crippen LogP contribution in [0.5, 0.6) is 0 Å². The summed E-state index contributed by atoms with van der Waals surface area (Å²) in [4.78, 5) is 29.1. The Bertz CT molecular complexity index is 591. The summed E-state index contributed by atoms with van der Waals surface area (Å²) in [6, 6.07) is 1.97. The molecule has 0 spiro atoms. The van der Waals surface area contributed by atoms with Crippen molar-refractivity contribution in [3.63, 3.8) is 0 Å². The molecule has 1 fully saturated rings. The molecular weight excluding hydrogens is 324 g/mol. The average molecular weight is 353 g/mol. The second-order valence-corrected chi connectivity index (χ2v) is 8.47. The molecule has 1 aromatic rings. The van der Waals surface area contributed by atoms with Gasteiger partial charge in [0.25, 0.3) is 5.91 Å². The van der Waals surface area contributed by atoms with Crippen LogP contribution in [0.25, 0.3) is 0 Å². The summed E-state index contributed by atoms with van der Waals surface area (Å²) in [6.07, 6.45) is 1.72. The molecule has 24 heavy (non-hydrogen) atoms. The molecule has 1 saturated heterocycles. The first kappa shape index (κ1) is 18.8. The van der Waals surface area contributed by atoms with Crippen LogP contribution in [0.2, 0.25) is 0 Å².